The van der Waals surface area contributed by atoms with E-state index in [1.165, 1.54) is 4.88 Å². The molecule has 0 aliphatic rings. The van der Waals surface area contributed by atoms with Crippen LogP contribution >= 0.6 is 11.3 Å². The molecular formula is C16H26N6OS. The Hall–Kier alpha value is -1.96. The summed E-state index contributed by atoms with van der Waals surface area (Å²) >= 11 is 1.71. The van der Waals surface area contributed by atoms with E-state index in [1.807, 2.05) is 27.0 Å². The highest BCUT2D eigenvalue weighted by molar-refractivity contribution is 7.11. The average molecular weight is 350 g/mol. The second-order valence-electron chi connectivity index (χ2n) is 5.65. The van der Waals surface area contributed by atoms with Gasteiger partial charge in [-0.3, -0.25) is 0 Å². The Morgan fingerprint density at radius 3 is 2.79 bits per heavy atom. The predicted molar refractivity (Wildman–Crippen MR) is 96.4 cm³/mol. The minimum atomic E-state index is 0.278. The molecule has 2 rings (SSSR count). The standard InChI is InChI=1S/C16H26N6OS/c1-5-12-9-19-14(24-12)10-20-16(17-6-2)18-8-7-13-21-15(11(3)4)22-23-13/h9,11H,5-8,10H2,1-4H3,(H2,17,18,20). The molecule has 0 saturated heterocycles. The molecule has 8 heteroatoms. The molecule has 0 fully saturated rings. The van der Waals surface area contributed by atoms with Crippen molar-refractivity contribution in [3.05, 3.63) is 27.8 Å². The van der Waals surface area contributed by atoms with Gasteiger partial charge in [0.2, 0.25) is 5.89 Å². The van der Waals surface area contributed by atoms with Crippen LogP contribution in [0.4, 0.5) is 0 Å². The number of aliphatic imine (C=N–C) groups is 1. The van der Waals surface area contributed by atoms with Crippen molar-refractivity contribution in [1.29, 1.82) is 0 Å². The number of guanidine groups is 1. The van der Waals surface area contributed by atoms with Crippen LogP contribution in [0.3, 0.4) is 0 Å². The molecule has 0 saturated carbocycles. The van der Waals surface area contributed by atoms with Crippen LogP contribution in [-0.2, 0) is 19.4 Å². The molecule has 2 aromatic heterocycles. The molecule has 2 aromatic rings. The van der Waals surface area contributed by atoms with Gasteiger partial charge in [0, 0.05) is 36.5 Å². The van der Waals surface area contributed by atoms with Gasteiger partial charge in [0.1, 0.15) is 5.01 Å². The lowest BCUT2D eigenvalue weighted by Crippen LogP contribution is -2.38. The third kappa shape index (κ3) is 5.59. The van der Waals surface area contributed by atoms with Gasteiger partial charge in [-0.25, -0.2) is 9.98 Å². The van der Waals surface area contributed by atoms with E-state index < -0.39 is 0 Å². The zero-order chi connectivity index (χ0) is 17.4. The maximum absolute atomic E-state index is 5.24. The van der Waals surface area contributed by atoms with Crippen molar-refractivity contribution in [3.8, 4) is 0 Å². The van der Waals surface area contributed by atoms with Gasteiger partial charge in [-0.1, -0.05) is 25.9 Å². The number of hydrogen-bond acceptors (Lipinski definition) is 6. The average Bonchev–Trinajstić information content (AvgIpc) is 3.21. The summed E-state index contributed by atoms with van der Waals surface area (Å²) < 4.78 is 5.24. The molecule has 0 atom stereocenters. The SMILES string of the molecule is CCNC(=NCc1ncc(CC)s1)NCCc1nc(C(C)C)no1. The van der Waals surface area contributed by atoms with Crippen LogP contribution in [0.2, 0.25) is 0 Å². The molecule has 7 nitrogen and oxygen atoms in total. The Bertz CT molecular complexity index is 649. The molecule has 0 bridgehead atoms. The van der Waals surface area contributed by atoms with Crippen molar-refractivity contribution in [3.63, 3.8) is 0 Å². The molecule has 0 amide bonds. The number of rotatable bonds is 8. The molecule has 0 aliphatic heterocycles. The first-order valence-corrected chi connectivity index (χ1v) is 9.22. The highest BCUT2D eigenvalue weighted by Crippen LogP contribution is 2.14. The highest BCUT2D eigenvalue weighted by Gasteiger charge is 2.09. The first-order chi connectivity index (χ1) is 11.6. The fourth-order valence-corrected chi connectivity index (χ4v) is 2.75. The van der Waals surface area contributed by atoms with Gasteiger partial charge >= 0.3 is 0 Å². The van der Waals surface area contributed by atoms with E-state index in [4.69, 9.17) is 4.52 Å². The minimum absolute atomic E-state index is 0.278. The Balaban J connectivity index is 1.84. The Labute approximate surface area is 147 Å². The number of thiazole rings is 1. The van der Waals surface area contributed by atoms with E-state index in [9.17, 15) is 0 Å². The summed E-state index contributed by atoms with van der Waals surface area (Å²) in [5.41, 5.74) is 0. The largest absolute Gasteiger partial charge is 0.357 e. The van der Waals surface area contributed by atoms with Crippen LogP contribution in [0.5, 0.6) is 0 Å². The summed E-state index contributed by atoms with van der Waals surface area (Å²) in [7, 11) is 0. The van der Waals surface area contributed by atoms with E-state index in [1.54, 1.807) is 11.3 Å². The first kappa shape index (κ1) is 18.4. The maximum Gasteiger partial charge on any atom is 0.228 e. The van der Waals surface area contributed by atoms with Crippen molar-refractivity contribution >= 4 is 17.3 Å². The summed E-state index contributed by atoms with van der Waals surface area (Å²) in [6.07, 6.45) is 3.61. The first-order valence-electron chi connectivity index (χ1n) is 8.40. The summed E-state index contributed by atoms with van der Waals surface area (Å²) in [5.74, 6) is 2.45. The molecule has 2 heterocycles. The Kier molecular flexibility index (Phi) is 7.17. The lowest BCUT2D eigenvalue weighted by atomic mass is 10.2. The third-order valence-electron chi connectivity index (χ3n) is 3.30. The Morgan fingerprint density at radius 1 is 1.33 bits per heavy atom. The summed E-state index contributed by atoms with van der Waals surface area (Å²) in [4.78, 5) is 14.6. The lowest BCUT2D eigenvalue weighted by Gasteiger charge is -2.09. The monoisotopic (exact) mass is 350 g/mol. The van der Waals surface area contributed by atoms with Crippen LogP contribution in [0.25, 0.3) is 0 Å². The number of nitrogens with one attached hydrogen (secondary N) is 2. The van der Waals surface area contributed by atoms with Crippen LogP contribution in [0.15, 0.2) is 15.7 Å². The van der Waals surface area contributed by atoms with Gasteiger partial charge < -0.3 is 15.2 Å². The van der Waals surface area contributed by atoms with Crippen molar-refractivity contribution in [1.82, 2.24) is 25.8 Å². The molecular weight excluding hydrogens is 324 g/mol. The number of hydrogen-bond donors (Lipinski definition) is 2. The second kappa shape index (κ2) is 9.36. The number of nitrogens with zero attached hydrogens (tertiary/aromatic N) is 4. The number of aryl methyl sites for hydroxylation is 1. The second-order valence-corrected chi connectivity index (χ2v) is 6.85. The molecule has 24 heavy (non-hydrogen) atoms. The highest BCUT2D eigenvalue weighted by atomic mass is 32.1. The van der Waals surface area contributed by atoms with E-state index in [2.05, 4.69) is 37.7 Å². The molecule has 0 aromatic carbocycles. The zero-order valence-corrected chi connectivity index (χ0v) is 15.6. The van der Waals surface area contributed by atoms with Crippen molar-refractivity contribution in [2.45, 2.75) is 53.0 Å². The van der Waals surface area contributed by atoms with Gasteiger partial charge in [-0.05, 0) is 13.3 Å². The van der Waals surface area contributed by atoms with Crippen molar-refractivity contribution < 1.29 is 4.52 Å². The van der Waals surface area contributed by atoms with E-state index in [0.29, 0.717) is 25.4 Å². The van der Waals surface area contributed by atoms with Crippen LogP contribution in [-0.4, -0.2) is 34.2 Å². The summed E-state index contributed by atoms with van der Waals surface area (Å²) in [5, 5.41) is 11.5. The number of aromatic nitrogens is 3. The summed E-state index contributed by atoms with van der Waals surface area (Å²) in [6.45, 7) is 10.3. The maximum atomic E-state index is 5.24. The van der Waals surface area contributed by atoms with Gasteiger partial charge in [-0.2, -0.15) is 4.98 Å². The fourth-order valence-electron chi connectivity index (χ4n) is 1.96. The molecule has 0 aliphatic carbocycles. The fraction of sp³-hybridized carbons (Fsp3) is 0.625. The van der Waals surface area contributed by atoms with Crippen molar-refractivity contribution in [2.75, 3.05) is 13.1 Å². The van der Waals surface area contributed by atoms with Crippen molar-refractivity contribution in [2.24, 2.45) is 4.99 Å². The predicted octanol–water partition coefficient (Wildman–Crippen LogP) is 2.51. The molecule has 0 spiro atoms. The van der Waals surface area contributed by atoms with Crippen LogP contribution < -0.4 is 10.6 Å². The van der Waals surface area contributed by atoms with Gasteiger partial charge in [0.05, 0.1) is 6.54 Å². The molecule has 132 valence electrons. The lowest BCUT2D eigenvalue weighted by molar-refractivity contribution is 0.371. The molecule has 0 radical (unpaired) electrons. The Morgan fingerprint density at radius 2 is 2.17 bits per heavy atom. The van der Waals surface area contributed by atoms with Crippen LogP contribution in [0.1, 0.15) is 55.2 Å². The minimum Gasteiger partial charge on any atom is -0.357 e. The zero-order valence-electron chi connectivity index (χ0n) is 14.8. The van der Waals surface area contributed by atoms with E-state index >= 15 is 0 Å². The normalized spacial score (nSPS) is 12.0. The molecule has 0 unspecified atom stereocenters. The van der Waals surface area contributed by atoms with Crippen LogP contribution in [0, 0.1) is 0 Å². The third-order valence-corrected chi connectivity index (χ3v) is 4.42. The van der Waals surface area contributed by atoms with Gasteiger partial charge in [0.15, 0.2) is 11.8 Å². The topological polar surface area (TPSA) is 88.2 Å². The summed E-state index contributed by atoms with van der Waals surface area (Å²) in [6, 6.07) is 0. The van der Waals surface area contributed by atoms with E-state index in [0.717, 1.165) is 29.8 Å². The van der Waals surface area contributed by atoms with Gasteiger partial charge in [-0.15, -0.1) is 11.3 Å². The van der Waals surface area contributed by atoms with Gasteiger partial charge in [0.25, 0.3) is 0 Å². The van der Waals surface area contributed by atoms with E-state index in [-0.39, 0.29) is 5.92 Å². The molecule has 2 N–H and O–H groups in total. The smallest absolute Gasteiger partial charge is 0.228 e. The quantitative estimate of drug-likeness (QED) is 0.562.